The summed E-state index contributed by atoms with van der Waals surface area (Å²) in [7, 11) is 0. The topological polar surface area (TPSA) is 109 Å². The van der Waals surface area contributed by atoms with E-state index in [9.17, 15) is 14.4 Å². The number of fused-ring (bicyclic) bond motifs is 1. The second-order valence-corrected chi connectivity index (χ2v) is 6.77. The molecule has 4 amide bonds. The van der Waals surface area contributed by atoms with Crippen LogP contribution < -0.4 is 26.0 Å². The first-order valence-electron chi connectivity index (χ1n) is 8.92. The highest BCUT2D eigenvalue weighted by Gasteiger charge is 2.24. The van der Waals surface area contributed by atoms with Crippen LogP contribution in [0.3, 0.4) is 0 Å². The molecule has 0 unspecified atom stereocenters. The van der Waals surface area contributed by atoms with Crippen molar-refractivity contribution in [2.45, 2.75) is 57.7 Å². The van der Waals surface area contributed by atoms with E-state index in [0.29, 0.717) is 17.1 Å². The molecule has 8 nitrogen and oxygen atoms in total. The fraction of sp³-hybridized carbons (Fsp3) is 0.500. The molecule has 0 saturated heterocycles. The Labute approximate surface area is 152 Å². The molecule has 2 atom stereocenters. The van der Waals surface area contributed by atoms with Gasteiger partial charge in [-0.05, 0) is 44.9 Å². The van der Waals surface area contributed by atoms with Crippen molar-refractivity contribution >= 4 is 29.2 Å². The predicted molar refractivity (Wildman–Crippen MR) is 97.2 cm³/mol. The van der Waals surface area contributed by atoms with Gasteiger partial charge in [0.05, 0.1) is 5.69 Å². The third-order valence-corrected chi connectivity index (χ3v) is 4.61. The van der Waals surface area contributed by atoms with Crippen molar-refractivity contribution in [1.29, 1.82) is 0 Å². The van der Waals surface area contributed by atoms with Gasteiger partial charge in [0.1, 0.15) is 11.8 Å². The van der Waals surface area contributed by atoms with E-state index in [1.807, 2.05) is 0 Å². The molecule has 8 heteroatoms. The second-order valence-electron chi connectivity index (χ2n) is 6.77. The molecule has 1 fully saturated rings. The number of carbonyl (C=O) groups is 3. The Balaban J connectivity index is 1.54. The first-order chi connectivity index (χ1) is 12.4. The van der Waals surface area contributed by atoms with Crippen LogP contribution >= 0.6 is 0 Å². The Hall–Kier alpha value is -2.77. The Morgan fingerprint density at radius 2 is 2.00 bits per heavy atom. The molecule has 26 heavy (non-hydrogen) atoms. The molecule has 3 rings (SSSR count). The number of hydrogen-bond donors (Lipinski definition) is 4. The first kappa shape index (κ1) is 18.0. The van der Waals surface area contributed by atoms with Crippen molar-refractivity contribution in [2.24, 2.45) is 0 Å². The van der Waals surface area contributed by atoms with Crippen LogP contribution in [0, 0.1) is 0 Å². The maximum Gasteiger partial charge on any atom is 0.321 e. The highest BCUT2D eigenvalue weighted by molar-refractivity contribution is 5.99. The summed E-state index contributed by atoms with van der Waals surface area (Å²) in [5.74, 6) is -0.0631. The number of benzene rings is 1. The van der Waals surface area contributed by atoms with E-state index < -0.39 is 24.1 Å². The molecule has 0 bridgehead atoms. The molecule has 2 aliphatic rings. The van der Waals surface area contributed by atoms with Crippen molar-refractivity contribution in [2.75, 3.05) is 10.6 Å². The number of imide groups is 1. The number of carbonyl (C=O) groups excluding carboxylic acids is 3. The summed E-state index contributed by atoms with van der Waals surface area (Å²) in [5, 5.41) is 10.9. The van der Waals surface area contributed by atoms with E-state index in [0.717, 1.165) is 25.7 Å². The third kappa shape index (κ3) is 4.25. The fourth-order valence-electron chi connectivity index (χ4n) is 3.13. The van der Waals surface area contributed by atoms with Gasteiger partial charge in [-0.15, -0.1) is 0 Å². The van der Waals surface area contributed by atoms with Crippen LogP contribution in [0.2, 0.25) is 0 Å². The van der Waals surface area contributed by atoms with Crippen LogP contribution in [0.15, 0.2) is 18.2 Å². The number of urea groups is 1. The lowest BCUT2D eigenvalue weighted by Gasteiger charge is -2.24. The maximum absolute atomic E-state index is 12.2. The highest BCUT2D eigenvalue weighted by Crippen LogP contribution is 2.32. The number of anilines is 2. The lowest BCUT2D eigenvalue weighted by atomic mass is 10.2. The van der Waals surface area contributed by atoms with Crippen molar-refractivity contribution in [3.05, 3.63) is 18.2 Å². The van der Waals surface area contributed by atoms with Gasteiger partial charge in [0.25, 0.3) is 5.91 Å². The summed E-state index contributed by atoms with van der Waals surface area (Å²) in [6, 6.07) is 4.24. The monoisotopic (exact) mass is 360 g/mol. The summed E-state index contributed by atoms with van der Waals surface area (Å²) in [4.78, 5) is 35.8. The van der Waals surface area contributed by atoms with E-state index in [1.165, 1.54) is 0 Å². The number of rotatable bonds is 4. The molecule has 1 heterocycles. The van der Waals surface area contributed by atoms with E-state index in [4.69, 9.17) is 4.74 Å². The van der Waals surface area contributed by atoms with Crippen molar-refractivity contribution in [3.8, 4) is 5.75 Å². The zero-order valence-electron chi connectivity index (χ0n) is 14.9. The summed E-state index contributed by atoms with van der Waals surface area (Å²) >= 11 is 0. The van der Waals surface area contributed by atoms with Gasteiger partial charge in [0, 0.05) is 11.7 Å². The molecule has 140 valence electrons. The lowest BCUT2D eigenvalue weighted by molar-refractivity contribution is -0.123. The summed E-state index contributed by atoms with van der Waals surface area (Å²) < 4.78 is 5.50. The molecular formula is C18H24N4O4. The standard InChI is InChI=1S/C18H24N4O4/c1-10(16(23)22-18(25)20-12-5-3-4-6-12)19-13-7-8-15-14(9-13)21-17(24)11(2)26-15/h7-12,19H,3-6H2,1-2H3,(H,21,24)(H2,20,22,23,25)/t10-,11+/m1/s1. The zero-order chi connectivity index (χ0) is 18.7. The average molecular weight is 360 g/mol. The van der Waals surface area contributed by atoms with E-state index in [1.54, 1.807) is 32.0 Å². The van der Waals surface area contributed by atoms with Gasteiger partial charge in [0.15, 0.2) is 6.10 Å². The molecular weight excluding hydrogens is 336 g/mol. The number of ether oxygens (including phenoxy) is 1. The maximum atomic E-state index is 12.2. The van der Waals surface area contributed by atoms with Gasteiger partial charge in [-0.1, -0.05) is 12.8 Å². The van der Waals surface area contributed by atoms with Crippen LogP contribution in [0.5, 0.6) is 5.75 Å². The second kappa shape index (κ2) is 7.63. The van der Waals surface area contributed by atoms with Crippen LogP contribution in [-0.4, -0.2) is 36.0 Å². The average Bonchev–Trinajstić information content (AvgIpc) is 3.08. The van der Waals surface area contributed by atoms with E-state index in [2.05, 4.69) is 21.3 Å². The molecule has 1 saturated carbocycles. The molecule has 1 aliphatic carbocycles. The number of amides is 4. The van der Waals surface area contributed by atoms with Crippen molar-refractivity contribution in [3.63, 3.8) is 0 Å². The molecule has 4 N–H and O–H groups in total. The van der Waals surface area contributed by atoms with Crippen LogP contribution in [0.1, 0.15) is 39.5 Å². The SMILES string of the molecule is C[C@@H]1Oc2ccc(N[C@H](C)C(=O)NC(=O)NC3CCCC3)cc2NC1=O. The van der Waals surface area contributed by atoms with Gasteiger partial charge in [0.2, 0.25) is 5.91 Å². The third-order valence-electron chi connectivity index (χ3n) is 4.61. The van der Waals surface area contributed by atoms with Gasteiger partial charge in [-0.3, -0.25) is 14.9 Å². The Morgan fingerprint density at radius 1 is 1.27 bits per heavy atom. The minimum absolute atomic E-state index is 0.151. The summed E-state index contributed by atoms with van der Waals surface area (Å²) in [6.07, 6.45) is 3.58. The Bertz CT molecular complexity index is 715. The van der Waals surface area contributed by atoms with E-state index in [-0.39, 0.29) is 11.9 Å². The molecule has 1 aromatic carbocycles. The normalized spacial score (nSPS) is 20.4. The van der Waals surface area contributed by atoms with E-state index >= 15 is 0 Å². The van der Waals surface area contributed by atoms with Gasteiger partial charge >= 0.3 is 6.03 Å². The van der Waals surface area contributed by atoms with Crippen LogP contribution in [0.25, 0.3) is 0 Å². The first-order valence-corrected chi connectivity index (χ1v) is 8.92. The highest BCUT2D eigenvalue weighted by atomic mass is 16.5. The lowest BCUT2D eigenvalue weighted by Crippen LogP contribution is -2.48. The molecule has 0 spiro atoms. The quantitative estimate of drug-likeness (QED) is 0.656. The summed E-state index contributed by atoms with van der Waals surface area (Å²) in [6.45, 7) is 3.34. The van der Waals surface area contributed by atoms with Gasteiger partial charge in [-0.25, -0.2) is 4.79 Å². The predicted octanol–water partition coefficient (Wildman–Crippen LogP) is 1.97. The number of hydrogen-bond acceptors (Lipinski definition) is 5. The fourth-order valence-corrected chi connectivity index (χ4v) is 3.13. The van der Waals surface area contributed by atoms with Gasteiger partial charge in [-0.2, -0.15) is 0 Å². The Morgan fingerprint density at radius 3 is 2.73 bits per heavy atom. The molecule has 0 aromatic heterocycles. The number of nitrogens with one attached hydrogen (secondary N) is 4. The zero-order valence-corrected chi connectivity index (χ0v) is 14.9. The van der Waals surface area contributed by atoms with Crippen LogP contribution in [-0.2, 0) is 9.59 Å². The molecule has 0 radical (unpaired) electrons. The molecule has 1 aliphatic heterocycles. The Kier molecular flexibility index (Phi) is 5.29. The minimum Gasteiger partial charge on any atom is -0.479 e. The molecule has 1 aromatic rings. The smallest absolute Gasteiger partial charge is 0.321 e. The summed E-state index contributed by atoms with van der Waals surface area (Å²) in [5.41, 5.74) is 1.19. The minimum atomic E-state index is -0.624. The largest absolute Gasteiger partial charge is 0.479 e. The van der Waals surface area contributed by atoms with Crippen molar-refractivity contribution in [1.82, 2.24) is 10.6 Å². The van der Waals surface area contributed by atoms with Gasteiger partial charge < -0.3 is 20.7 Å². The van der Waals surface area contributed by atoms with Crippen molar-refractivity contribution < 1.29 is 19.1 Å². The van der Waals surface area contributed by atoms with Crippen LogP contribution in [0.4, 0.5) is 16.2 Å².